The van der Waals surface area contributed by atoms with Gasteiger partial charge in [-0.15, -0.1) is 0 Å². The number of methoxy groups -OCH3 is 1. The lowest BCUT2D eigenvalue weighted by molar-refractivity contribution is -0.129. The van der Waals surface area contributed by atoms with Crippen molar-refractivity contribution >= 4 is 17.6 Å². The molecule has 1 aliphatic heterocycles. The number of benzene rings is 2. The zero-order chi connectivity index (χ0) is 21.0. The van der Waals surface area contributed by atoms with E-state index in [0.717, 1.165) is 0 Å². The Morgan fingerprint density at radius 1 is 1.24 bits per heavy atom. The van der Waals surface area contributed by atoms with Crippen LogP contribution in [0.25, 0.3) is 0 Å². The van der Waals surface area contributed by atoms with Crippen molar-refractivity contribution in [1.82, 2.24) is 10.2 Å². The number of hydrogen-bond acceptors (Lipinski definition) is 4. The summed E-state index contributed by atoms with van der Waals surface area (Å²) in [5.41, 5.74) is 0.598. The van der Waals surface area contributed by atoms with Crippen LogP contribution in [0, 0.1) is 11.6 Å². The van der Waals surface area contributed by atoms with Gasteiger partial charge in [0.15, 0.2) is 0 Å². The molecule has 1 aliphatic rings. The maximum Gasteiger partial charge on any atom is 0.319 e. The van der Waals surface area contributed by atoms with Crippen molar-refractivity contribution in [3.63, 3.8) is 0 Å². The lowest BCUT2D eigenvalue weighted by Crippen LogP contribution is -2.45. The molecule has 7 nitrogen and oxygen atoms in total. The molecule has 29 heavy (non-hydrogen) atoms. The van der Waals surface area contributed by atoms with Gasteiger partial charge in [-0.2, -0.15) is 0 Å². The van der Waals surface area contributed by atoms with E-state index < -0.39 is 35.5 Å². The van der Waals surface area contributed by atoms with Gasteiger partial charge in [0, 0.05) is 30.8 Å². The number of aliphatic hydroxyl groups is 1. The van der Waals surface area contributed by atoms with Crippen molar-refractivity contribution in [3.05, 3.63) is 59.7 Å². The second-order valence-electron chi connectivity index (χ2n) is 6.58. The van der Waals surface area contributed by atoms with Crippen molar-refractivity contribution in [2.75, 3.05) is 32.1 Å². The van der Waals surface area contributed by atoms with E-state index in [9.17, 15) is 23.5 Å². The van der Waals surface area contributed by atoms with Crippen LogP contribution in [0.2, 0.25) is 0 Å². The molecule has 1 saturated heterocycles. The predicted octanol–water partition coefficient (Wildman–Crippen LogP) is 2.08. The van der Waals surface area contributed by atoms with Crippen LogP contribution in [0.4, 0.5) is 19.3 Å². The molecule has 0 saturated carbocycles. The van der Waals surface area contributed by atoms with E-state index in [2.05, 4.69) is 10.6 Å². The summed E-state index contributed by atoms with van der Waals surface area (Å²) >= 11 is 0. The predicted molar refractivity (Wildman–Crippen MR) is 102 cm³/mol. The average molecular weight is 405 g/mol. The van der Waals surface area contributed by atoms with Crippen molar-refractivity contribution in [1.29, 1.82) is 0 Å². The van der Waals surface area contributed by atoms with Crippen molar-refractivity contribution < 1.29 is 28.2 Å². The molecule has 0 radical (unpaired) electrons. The maximum atomic E-state index is 14.6. The number of carbonyl (C=O) groups is 2. The molecule has 0 bridgehead atoms. The van der Waals surface area contributed by atoms with Crippen molar-refractivity contribution in [2.24, 2.45) is 0 Å². The zero-order valence-corrected chi connectivity index (χ0v) is 15.7. The van der Waals surface area contributed by atoms with Crippen LogP contribution in [0.1, 0.15) is 11.5 Å². The molecule has 1 heterocycles. The molecule has 0 aromatic heterocycles. The summed E-state index contributed by atoms with van der Waals surface area (Å²) in [6.07, 6.45) is 0. The first-order chi connectivity index (χ1) is 13.9. The van der Waals surface area contributed by atoms with E-state index in [1.807, 2.05) is 0 Å². The number of β-amino-alcohol motifs (C(OH)–C–C–N with tert-alkyl or cyclic N) is 1. The number of likely N-dealkylation sites (tertiary alicyclic amines) is 1. The lowest BCUT2D eigenvalue weighted by Gasteiger charge is -2.19. The Hall–Kier alpha value is -3.20. The van der Waals surface area contributed by atoms with Crippen molar-refractivity contribution in [2.45, 2.75) is 12.0 Å². The monoisotopic (exact) mass is 405 g/mol. The van der Waals surface area contributed by atoms with Gasteiger partial charge in [0.2, 0.25) is 5.91 Å². The van der Waals surface area contributed by atoms with E-state index in [1.54, 1.807) is 6.07 Å². The van der Waals surface area contributed by atoms with Gasteiger partial charge >= 0.3 is 6.03 Å². The molecule has 2 aromatic carbocycles. The number of carbonyl (C=O) groups excluding carboxylic acids is 2. The van der Waals surface area contributed by atoms with Crippen LogP contribution in [-0.2, 0) is 4.79 Å². The van der Waals surface area contributed by atoms with Crippen LogP contribution in [0.5, 0.6) is 5.75 Å². The number of ether oxygens (including phenoxy) is 1. The number of amides is 3. The van der Waals surface area contributed by atoms with Gasteiger partial charge in [-0.1, -0.05) is 6.07 Å². The second-order valence-corrected chi connectivity index (χ2v) is 6.58. The highest BCUT2D eigenvalue weighted by Gasteiger charge is 2.42. The molecule has 154 valence electrons. The summed E-state index contributed by atoms with van der Waals surface area (Å²) in [5.74, 6) is -1.75. The molecule has 0 spiro atoms. The smallest absolute Gasteiger partial charge is 0.319 e. The average Bonchev–Trinajstić information content (AvgIpc) is 2.99. The number of anilines is 1. The Morgan fingerprint density at radius 2 is 1.97 bits per heavy atom. The standard InChI is InChI=1S/C20H21F2N3O4/c1-29-14-6-7-15(17(22)10-14)16-11-25(8-9-26)19(27)18(16)24-20(28)23-13-4-2-12(21)3-5-13/h2-7,10,16,18,26H,8-9,11H2,1H3,(H2,23,24,28)/t16-,18-/m0/s1. The van der Waals surface area contributed by atoms with Gasteiger partial charge < -0.3 is 25.4 Å². The summed E-state index contributed by atoms with van der Waals surface area (Å²) in [5, 5.41) is 14.3. The molecule has 9 heteroatoms. The molecule has 2 atom stereocenters. The number of hydrogen-bond donors (Lipinski definition) is 3. The van der Waals surface area contributed by atoms with E-state index in [0.29, 0.717) is 11.4 Å². The third-order valence-electron chi connectivity index (χ3n) is 4.76. The Labute approximate surface area is 166 Å². The number of aliphatic hydroxyl groups excluding tert-OH is 1. The first-order valence-electron chi connectivity index (χ1n) is 8.99. The highest BCUT2D eigenvalue weighted by atomic mass is 19.1. The van der Waals surface area contributed by atoms with Crippen LogP contribution >= 0.6 is 0 Å². The highest BCUT2D eigenvalue weighted by Crippen LogP contribution is 2.32. The molecule has 3 N–H and O–H groups in total. The van der Waals surface area contributed by atoms with Gasteiger partial charge in [-0.05, 0) is 35.9 Å². The van der Waals surface area contributed by atoms with Crippen molar-refractivity contribution in [3.8, 4) is 5.75 Å². The Morgan fingerprint density at radius 3 is 2.59 bits per heavy atom. The third kappa shape index (κ3) is 4.62. The number of halogens is 2. The van der Waals surface area contributed by atoms with Gasteiger partial charge in [0.1, 0.15) is 23.4 Å². The number of urea groups is 1. The fraction of sp³-hybridized carbons (Fsp3) is 0.300. The molecular formula is C20H21F2N3O4. The molecular weight excluding hydrogens is 384 g/mol. The Kier molecular flexibility index (Phi) is 6.28. The third-order valence-corrected chi connectivity index (χ3v) is 4.76. The first-order valence-corrected chi connectivity index (χ1v) is 8.99. The summed E-state index contributed by atoms with van der Waals surface area (Å²) in [4.78, 5) is 26.5. The van der Waals surface area contributed by atoms with Crippen LogP contribution in [-0.4, -0.2) is 54.8 Å². The fourth-order valence-corrected chi connectivity index (χ4v) is 3.34. The number of nitrogens with zero attached hydrogens (tertiary/aromatic N) is 1. The highest BCUT2D eigenvalue weighted by molar-refractivity contribution is 5.95. The molecule has 0 unspecified atom stereocenters. The summed E-state index contributed by atoms with van der Waals surface area (Å²) in [6, 6.07) is 7.74. The molecule has 3 rings (SSSR count). The maximum absolute atomic E-state index is 14.6. The normalized spacial score (nSPS) is 18.6. The van der Waals surface area contributed by atoms with Gasteiger partial charge in [-0.25, -0.2) is 13.6 Å². The molecule has 3 amide bonds. The summed E-state index contributed by atoms with van der Waals surface area (Å²) in [7, 11) is 1.42. The largest absolute Gasteiger partial charge is 0.497 e. The Balaban J connectivity index is 1.81. The molecule has 1 fully saturated rings. The van der Waals surface area contributed by atoms with E-state index in [1.165, 1.54) is 48.4 Å². The van der Waals surface area contributed by atoms with E-state index in [4.69, 9.17) is 4.74 Å². The molecule has 0 aliphatic carbocycles. The van der Waals surface area contributed by atoms with Gasteiger partial charge in [-0.3, -0.25) is 4.79 Å². The molecule has 2 aromatic rings. The Bertz CT molecular complexity index is 892. The summed E-state index contributed by atoms with van der Waals surface area (Å²) < 4.78 is 32.6. The minimum absolute atomic E-state index is 0.0743. The number of rotatable bonds is 6. The van der Waals surface area contributed by atoms with Crippen LogP contribution < -0.4 is 15.4 Å². The quantitative estimate of drug-likeness (QED) is 0.686. The van der Waals surface area contributed by atoms with E-state index in [-0.39, 0.29) is 25.3 Å². The first kappa shape index (κ1) is 20.5. The fourth-order valence-electron chi connectivity index (χ4n) is 3.34. The summed E-state index contributed by atoms with van der Waals surface area (Å²) in [6.45, 7) is -0.0347. The van der Waals surface area contributed by atoms with Crippen LogP contribution in [0.15, 0.2) is 42.5 Å². The topological polar surface area (TPSA) is 90.9 Å². The SMILES string of the molecule is COc1ccc([C@@H]2CN(CCO)C(=O)[C@H]2NC(=O)Nc2ccc(F)cc2)c(F)c1. The minimum Gasteiger partial charge on any atom is -0.497 e. The number of nitrogens with one attached hydrogen (secondary N) is 2. The van der Waals surface area contributed by atoms with Gasteiger partial charge in [0.25, 0.3) is 0 Å². The second kappa shape index (κ2) is 8.87. The minimum atomic E-state index is -1.02. The van der Waals surface area contributed by atoms with E-state index >= 15 is 0 Å². The van der Waals surface area contributed by atoms with Gasteiger partial charge in [0.05, 0.1) is 13.7 Å². The lowest BCUT2D eigenvalue weighted by atomic mass is 9.93. The van der Waals surface area contributed by atoms with Crippen LogP contribution in [0.3, 0.4) is 0 Å². The zero-order valence-electron chi connectivity index (χ0n) is 15.7.